The Morgan fingerprint density at radius 3 is 2.68 bits per heavy atom. The molecule has 1 saturated heterocycles. The van der Waals surface area contributed by atoms with Gasteiger partial charge in [-0.15, -0.1) is 0 Å². The second-order valence-electron chi connectivity index (χ2n) is 5.60. The number of aromatic nitrogens is 1. The first-order valence-electron chi connectivity index (χ1n) is 7.63. The van der Waals surface area contributed by atoms with Crippen LogP contribution in [0.2, 0.25) is 0 Å². The van der Waals surface area contributed by atoms with E-state index >= 15 is 0 Å². The Morgan fingerprint density at radius 2 is 2.00 bits per heavy atom. The van der Waals surface area contributed by atoms with Crippen molar-refractivity contribution in [2.75, 3.05) is 37.7 Å². The third-order valence-corrected chi connectivity index (χ3v) is 4.96. The summed E-state index contributed by atoms with van der Waals surface area (Å²) in [7, 11) is 0. The van der Waals surface area contributed by atoms with Crippen molar-refractivity contribution in [1.29, 1.82) is 0 Å². The van der Waals surface area contributed by atoms with Crippen LogP contribution in [-0.2, 0) is 4.74 Å². The Kier molecular flexibility index (Phi) is 4.20. The van der Waals surface area contributed by atoms with Crippen LogP contribution in [-0.4, -0.2) is 48.8 Å². The minimum absolute atomic E-state index is 0.210. The highest BCUT2D eigenvalue weighted by Crippen LogP contribution is 2.32. The van der Waals surface area contributed by atoms with Crippen LogP contribution < -0.4 is 4.90 Å². The van der Waals surface area contributed by atoms with Crippen LogP contribution in [0.15, 0.2) is 12.1 Å². The average Bonchev–Trinajstić information content (AvgIpc) is 2.92. The molecule has 0 unspecified atom stereocenters. The third kappa shape index (κ3) is 2.88. The fourth-order valence-corrected chi connectivity index (χ4v) is 3.98. The molecule has 0 spiro atoms. The van der Waals surface area contributed by atoms with E-state index in [0.717, 1.165) is 23.7 Å². The van der Waals surface area contributed by atoms with Gasteiger partial charge in [0.15, 0.2) is 5.13 Å². The summed E-state index contributed by atoms with van der Waals surface area (Å²) in [5.74, 6) is 0. The lowest BCUT2D eigenvalue weighted by molar-refractivity contribution is 0.105. The number of carbonyl (C=O) groups is 1. The number of thiazole rings is 1. The van der Waals surface area contributed by atoms with Gasteiger partial charge in [-0.1, -0.05) is 17.4 Å². The number of nitrogens with zero attached hydrogens (tertiary/aromatic N) is 3. The van der Waals surface area contributed by atoms with E-state index in [1.165, 1.54) is 15.8 Å². The van der Waals surface area contributed by atoms with Gasteiger partial charge in [0.1, 0.15) is 0 Å². The highest BCUT2D eigenvalue weighted by atomic mass is 32.1. The number of aryl methyl sites for hydroxylation is 2. The molecule has 2 heterocycles. The summed E-state index contributed by atoms with van der Waals surface area (Å²) < 4.78 is 6.29. The zero-order valence-corrected chi connectivity index (χ0v) is 14.1. The van der Waals surface area contributed by atoms with Gasteiger partial charge in [0.05, 0.1) is 16.8 Å². The number of benzene rings is 1. The maximum absolute atomic E-state index is 11.7. The molecule has 0 saturated carbocycles. The number of carbonyl (C=O) groups excluding carboxylic acids is 1. The number of anilines is 1. The van der Waals surface area contributed by atoms with Crippen molar-refractivity contribution in [2.24, 2.45) is 0 Å². The molecular formula is C16H21N3O2S. The van der Waals surface area contributed by atoms with E-state index in [2.05, 4.69) is 30.9 Å². The van der Waals surface area contributed by atoms with E-state index < -0.39 is 0 Å². The lowest BCUT2D eigenvalue weighted by Gasteiger charge is -2.33. The first-order valence-corrected chi connectivity index (χ1v) is 8.44. The Labute approximate surface area is 134 Å². The topological polar surface area (TPSA) is 45.7 Å². The van der Waals surface area contributed by atoms with Crippen LogP contribution in [0.1, 0.15) is 18.1 Å². The quantitative estimate of drug-likeness (QED) is 0.853. The maximum atomic E-state index is 11.7. The van der Waals surface area contributed by atoms with Crippen molar-refractivity contribution in [3.63, 3.8) is 0 Å². The van der Waals surface area contributed by atoms with Gasteiger partial charge in [-0.2, -0.15) is 0 Å². The smallest absolute Gasteiger partial charge is 0.409 e. The number of ether oxygens (including phenoxy) is 1. The number of fused-ring (bicyclic) bond motifs is 1. The average molecular weight is 319 g/mol. The molecule has 1 fully saturated rings. The minimum Gasteiger partial charge on any atom is -0.450 e. The molecule has 118 valence electrons. The molecule has 3 rings (SSSR count). The molecule has 0 N–H and O–H groups in total. The Balaban J connectivity index is 1.74. The Hall–Kier alpha value is -1.82. The molecule has 0 radical (unpaired) electrons. The SMILES string of the molecule is CCOC(=O)N1CCN(c2nc3c(C)cc(C)cc3s2)CC1. The normalized spacial score (nSPS) is 15.4. The van der Waals surface area contributed by atoms with Gasteiger partial charge in [0.25, 0.3) is 0 Å². The monoisotopic (exact) mass is 319 g/mol. The third-order valence-electron chi connectivity index (χ3n) is 3.89. The molecule has 2 aromatic rings. The van der Waals surface area contributed by atoms with Crippen molar-refractivity contribution in [3.8, 4) is 0 Å². The maximum Gasteiger partial charge on any atom is 0.409 e. The lowest BCUT2D eigenvalue weighted by atomic mass is 10.1. The highest BCUT2D eigenvalue weighted by Gasteiger charge is 2.23. The van der Waals surface area contributed by atoms with Gasteiger partial charge in [-0.25, -0.2) is 9.78 Å². The van der Waals surface area contributed by atoms with E-state index in [0.29, 0.717) is 19.7 Å². The summed E-state index contributed by atoms with van der Waals surface area (Å²) in [6.07, 6.45) is -0.210. The van der Waals surface area contributed by atoms with Crippen LogP contribution >= 0.6 is 11.3 Å². The number of rotatable bonds is 2. The van der Waals surface area contributed by atoms with Crippen LogP contribution in [0, 0.1) is 13.8 Å². The zero-order chi connectivity index (χ0) is 15.7. The molecule has 1 amide bonds. The number of hydrogen-bond acceptors (Lipinski definition) is 5. The summed E-state index contributed by atoms with van der Waals surface area (Å²) in [6.45, 7) is 9.46. The van der Waals surface area contributed by atoms with E-state index in [9.17, 15) is 4.79 Å². The predicted molar refractivity (Wildman–Crippen MR) is 89.9 cm³/mol. The summed E-state index contributed by atoms with van der Waals surface area (Å²) in [4.78, 5) is 20.6. The number of amides is 1. The Morgan fingerprint density at radius 1 is 1.27 bits per heavy atom. The van der Waals surface area contributed by atoms with Crippen LogP contribution in [0.4, 0.5) is 9.93 Å². The minimum atomic E-state index is -0.210. The highest BCUT2D eigenvalue weighted by molar-refractivity contribution is 7.22. The van der Waals surface area contributed by atoms with Crippen LogP contribution in [0.25, 0.3) is 10.2 Å². The first kappa shape index (κ1) is 15.1. The number of piperazine rings is 1. The van der Waals surface area contributed by atoms with E-state index in [4.69, 9.17) is 9.72 Å². The Bertz CT molecular complexity index is 690. The van der Waals surface area contributed by atoms with Crippen molar-refractivity contribution in [2.45, 2.75) is 20.8 Å². The van der Waals surface area contributed by atoms with Crippen molar-refractivity contribution in [3.05, 3.63) is 23.3 Å². The summed E-state index contributed by atoms with van der Waals surface area (Å²) in [5, 5.41) is 1.05. The molecule has 0 bridgehead atoms. The number of hydrogen-bond donors (Lipinski definition) is 0. The standard InChI is InChI=1S/C16H21N3O2S/c1-4-21-16(20)19-7-5-18(6-8-19)15-17-14-12(3)9-11(2)10-13(14)22-15/h9-10H,4-8H2,1-3H3. The second kappa shape index (κ2) is 6.12. The molecule has 0 atom stereocenters. The van der Waals surface area contributed by atoms with Gasteiger partial charge in [-0.3, -0.25) is 0 Å². The molecular weight excluding hydrogens is 298 g/mol. The van der Waals surface area contributed by atoms with Crippen molar-refractivity contribution < 1.29 is 9.53 Å². The summed E-state index contributed by atoms with van der Waals surface area (Å²) in [5.41, 5.74) is 3.59. The molecule has 1 aromatic carbocycles. The van der Waals surface area contributed by atoms with E-state index in [1.54, 1.807) is 16.2 Å². The molecule has 5 nitrogen and oxygen atoms in total. The largest absolute Gasteiger partial charge is 0.450 e. The molecule has 1 aromatic heterocycles. The molecule has 1 aliphatic heterocycles. The van der Waals surface area contributed by atoms with Gasteiger partial charge in [0, 0.05) is 26.2 Å². The molecule has 22 heavy (non-hydrogen) atoms. The fourth-order valence-electron chi connectivity index (χ4n) is 2.79. The van der Waals surface area contributed by atoms with Gasteiger partial charge >= 0.3 is 6.09 Å². The van der Waals surface area contributed by atoms with E-state index in [1.807, 2.05) is 6.92 Å². The van der Waals surface area contributed by atoms with Crippen LogP contribution in [0.3, 0.4) is 0 Å². The lowest BCUT2D eigenvalue weighted by Crippen LogP contribution is -2.48. The first-order chi connectivity index (χ1) is 10.6. The second-order valence-corrected chi connectivity index (χ2v) is 6.61. The van der Waals surface area contributed by atoms with Crippen molar-refractivity contribution in [1.82, 2.24) is 9.88 Å². The van der Waals surface area contributed by atoms with Gasteiger partial charge in [0.2, 0.25) is 0 Å². The fraction of sp³-hybridized carbons (Fsp3) is 0.500. The molecule has 0 aliphatic carbocycles. The molecule has 1 aliphatic rings. The summed E-state index contributed by atoms with van der Waals surface area (Å²) in [6, 6.07) is 4.36. The molecule has 6 heteroatoms. The van der Waals surface area contributed by atoms with Gasteiger partial charge < -0.3 is 14.5 Å². The van der Waals surface area contributed by atoms with Gasteiger partial charge in [-0.05, 0) is 38.0 Å². The zero-order valence-electron chi connectivity index (χ0n) is 13.3. The van der Waals surface area contributed by atoms with E-state index in [-0.39, 0.29) is 6.09 Å². The van der Waals surface area contributed by atoms with Crippen molar-refractivity contribution >= 4 is 32.8 Å². The summed E-state index contributed by atoms with van der Waals surface area (Å²) >= 11 is 1.73. The van der Waals surface area contributed by atoms with Crippen LogP contribution in [0.5, 0.6) is 0 Å². The predicted octanol–water partition coefficient (Wildman–Crippen LogP) is 3.19.